The van der Waals surface area contributed by atoms with E-state index in [4.69, 9.17) is 0 Å². The van der Waals surface area contributed by atoms with Gasteiger partial charge in [-0.2, -0.15) is 12.6 Å². The summed E-state index contributed by atoms with van der Waals surface area (Å²) in [6, 6.07) is 0.271. The molecule has 2 nitrogen and oxygen atoms in total. The van der Waals surface area contributed by atoms with E-state index in [0.717, 1.165) is 12.8 Å². The molecule has 1 rings (SSSR count). The molecule has 0 aromatic rings. The molecular weight excluding hydrogens is 206 g/mol. The maximum absolute atomic E-state index is 12.3. The maximum atomic E-state index is 12.3. The molecule has 0 spiro atoms. The Morgan fingerprint density at radius 3 is 2.40 bits per heavy atom. The summed E-state index contributed by atoms with van der Waals surface area (Å²) in [7, 11) is 0. The van der Waals surface area contributed by atoms with Crippen LogP contribution >= 0.6 is 12.6 Å². The third kappa shape index (κ3) is 2.56. The predicted octanol–water partition coefficient (Wildman–Crippen LogP) is 2.29. The fourth-order valence-electron chi connectivity index (χ4n) is 2.46. The fraction of sp³-hybridized carbons (Fsp3) is 0.917. The molecule has 0 heterocycles. The molecule has 15 heavy (non-hydrogen) atoms. The van der Waals surface area contributed by atoms with Gasteiger partial charge in [-0.05, 0) is 18.8 Å². The molecule has 0 aromatic carbocycles. The summed E-state index contributed by atoms with van der Waals surface area (Å²) < 4.78 is 0. The van der Waals surface area contributed by atoms with Crippen LogP contribution in [0.25, 0.3) is 0 Å². The monoisotopic (exact) mass is 229 g/mol. The van der Waals surface area contributed by atoms with Crippen LogP contribution in [0.15, 0.2) is 0 Å². The molecule has 3 atom stereocenters. The minimum absolute atomic E-state index is 0.0325. The summed E-state index contributed by atoms with van der Waals surface area (Å²) in [5.74, 6) is 1.54. The minimum atomic E-state index is -0.0711. The standard InChI is InChI=1S/C12H23NOS/c1-5-12(6-9(12)4)11(14)10(7-15)13-8(2)3/h8-10,13,15H,5-7H2,1-4H3. The Morgan fingerprint density at radius 1 is 1.60 bits per heavy atom. The highest BCUT2D eigenvalue weighted by atomic mass is 32.1. The molecule has 1 aliphatic carbocycles. The number of hydrogen-bond acceptors (Lipinski definition) is 3. The van der Waals surface area contributed by atoms with Crippen LogP contribution in [0, 0.1) is 11.3 Å². The lowest BCUT2D eigenvalue weighted by Gasteiger charge is -2.23. The maximum Gasteiger partial charge on any atom is 0.156 e. The first kappa shape index (κ1) is 13.0. The van der Waals surface area contributed by atoms with Crippen molar-refractivity contribution >= 4 is 18.4 Å². The minimum Gasteiger partial charge on any atom is -0.305 e. The van der Waals surface area contributed by atoms with E-state index in [2.05, 4.69) is 45.6 Å². The lowest BCUT2D eigenvalue weighted by molar-refractivity contribution is -0.126. The summed E-state index contributed by atoms with van der Waals surface area (Å²) in [6.45, 7) is 8.43. The van der Waals surface area contributed by atoms with Crippen LogP contribution in [-0.4, -0.2) is 23.6 Å². The molecule has 3 unspecified atom stereocenters. The summed E-state index contributed by atoms with van der Waals surface area (Å²) in [5, 5.41) is 3.30. The van der Waals surface area contributed by atoms with Gasteiger partial charge in [-0.25, -0.2) is 0 Å². The molecule has 0 saturated heterocycles. The molecule has 0 aliphatic heterocycles. The Bertz CT molecular complexity index is 238. The molecular formula is C12H23NOS. The zero-order valence-electron chi connectivity index (χ0n) is 10.2. The van der Waals surface area contributed by atoms with Gasteiger partial charge in [0.15, 0.2) is 5.78 Å². The van der Waals surface area contributed by atoms with Gasteiger partial charge in [-0.1, -0.05) is 27.7 Å². The molecule has 0 aromatic heterocycles. The van der Waals surface area contributed by atoms with E-state index < -0.39 is 0 Å². The molecule has 1 N–H and O–H groups in total. The van der Waals surface area contributed by atoms with Gasteiger partial charge in [0.1, 0.15) is 0 Å². The molecule has 1 aliphatic rings. The van der Waals surface area contributed by atoms with Crippen molar-refractivity contribution in [3.05, 3.63) is 0 Å². The van der Waals surface area contributed by atoms with Crippen molar-refractivity contribution in [3.8, 4) is 0 Å². The number of nitrogens with one attached hydrogen (secondary N) is 1. The van der Waals surface area contributed by atoms with Crippen molar-refractivity contribution in [2.24, 2.45) is 11.3 Å². The second-order valence-corrected chi connectivity index (χ2v) is 5.40. The van der Waals surface area contributed by atoms with Crippen LogP contribution in [0.1, 0.15) is 40.5 Å². The number of carbonyl (C=O) groups excluding carboxylic acids is 1. The molecule has 0 radical (unpaired) electrons. The van der Waals surface area contributed by atoms with Gasteiger partial charge in [0.25, 0.3) is 0 Å². The first-order valence-corrected chi connectivity index (χ1v) is 6.52. The summed E-state index contributed by atoms with van der Waals surface area (Å²) in [6.07, 6.45) is 2.03. The SMILES string of the molecule is CCC1(C(=O)C(CS)NC(C)C)CC1C. The Labute approximate surface area is 98.6 Å². The van der Waals surface area contributed by atoms with Gasteiger partial charge in [-0.3, -0.25) is 4.79 Å². The van der Waals surface area contributed by atoms with Crippen molar-refractivity contribution in [3.63, 3.8) is 0 Å². The van der Waals surface area contributed by atoms with Crippen molar-refractivity contribution in [2.75, 3.05) is 5.75 Å². The Balaban J connectivity index is 2.65. The topological polar surface area (TPSA) is 29.1 Å². The first-order chi connectivity index (χ1) is 6.97. The van der Waals surface area contributed by atoms with Crippen molar-refractivity contribution in [1.29, 1.82) is 0 Å². The van der Waals surface area contributed by atoms with Crippen LogP contribution in [-0.2, 0) is 4.79 Å². The van der Waals surface area contributed by atoms with E-state index in [1.165, 1.54) is 0 Å². The summed E-state index contributed by atoms with van der Waals surface area (Å²) >= 11 is 4.27. The highest BCUT2D eigenvalue weighted by Gasteiger charge is 2.56. The van der Waals surface area contributed by atoms with E-state index in [0.29, 0.717) is 23.5 Å². The van der Waals surface area contributed by atoms with Crippen LogP contribution < -0.4 is 5.32 Å². The van der Waals surface area contributed by atoms with Gasteiger partial charge in [-0.15, -0.1) is 0 Å². The molecule has 0 amide bonds. The quantitative estimate of drug-likeness (QED) is 0.684. The average molecular weight is 229 g/mol. The Kier molecular flexibility index (Phi) is 4.24. The number of Topliss-reactive ketones (excluding diaryl/α,β-unsaturated/α-hetero) is 1. The first-order valence-electron chi connectivity index (χ1n) is 5.89. The Morgan fingerprint density at radius 2 is 2.13 bits per heavy atom. The molecule has 3 heteroatoms. The van der Waals surface area contributed by atoms with Gasteiger partial charge in [0, 0.05) is 17.2 Å². The van der Waals surface area contributed by atoms with Crippen LogP contribution in [0.4, 0.5) is 0 Å². The third-order valence-corrected chi connectivity index (χ3v) is 3.97. The zero-order chi connectivity index (χ0) is 11.6. The van der Waals surface area contributed by atoms with E-state index in [1.54, 1.807) is 0 Å². The van der Waals surface area contributed by atoms with Crippen LogP contribution in [0.3, 0.4) is 0 Å². The molecule has 1 fully saturated rings. The lowest BCUT2D eigenvalue weighted by Crippen LogP contribution is -2.46. The van der Waals surface area contributed by atoms with Crippen molar-refractivity contribution < 1.29 is 4.79 Å². The highest BCUT2D eigenvalue weighted by molar-refractivity contribution is 7.80. The third-order valence-electron chi connectivity index (χ3n) is 3.61. The average Bonchev–Trinajstić information content (AvgIpc) is 2.86. The molecule has 0 bridgehead atoms. The van der Waals surface area contributed by atoms with E-state index in [1.807, 2.05) is 0 Å². The second kappa shape index (κ2) is 4.88. The number of rotatable bonds is 6. The van der Waals surface area contributed by atoms with Crippen LogP contribution in [0.5, 0.6) is 0 Å². The smallest absolute Gasteiger partial charge is 0.156 e. The van der Waals surface area contributed by atoms with E-state index >= 15 is 0 Å². The van der Waals surface area contributed by atoms with Crippen molar-refractivity contribution in [1.82, 2.24) is 5.32 Å². The van der Waals surface area contributed by atoms with Gasteiger partial charge < -0.3 is 5.32 Å². The lowest BCUT2D eigenvalue weighted by atomic mass is 9.90. The summed E-state index contributed by atoms with van der Waals surface area (Å²) in [5.41, 5.74) is -0.0325. The summed E-state index contributed by atoms with van der Waals surface area (Å²) in [4.78, 5) is 12.3. The predicted molar refractivity (Wildman–Crippen MR) is 67.4 cm³/mol. The number of thiol groups is 1. The number of carbonyl (C=O) groups is 1. The fourth-order valence-corrected chi connectivity index (χ4v) is 2.73. The van der Waals surface area contributed by atoms with Crippen molar-refractivity contribution in [2.45, 2.75) is 52.6 Å². The molecule has 1 saturated carbocycles. The second-order valence-electron chi connectivity index (χ2n) is 5.04. The molecule has 88 valence electrons. The largest absolute Gasteiger partial charge is 0.305 e. The Hall–Kier alpha value is -0.0200. The number of hydrogen-bond donors (Lipinski definition) is 2. The highest BCUT2D eigenvalue weighted by Crippen LogP contribution is 2.56. The van der Waals surface area contributed by atoms with Crippen LogP contribution in [0.2, 0.25) is 0 Å². The van der Waals surface area contributed by atoms with Gasteiger partial charge in [0.2, 0.25) is 0 Å². The number of ketones is 1. The normalized spacial score (nSPS) is 31.7. The van der Waals surface area contributed by atoms with Gasteiger partial charge >= 0.3 is 0 Å². The zero-order valence-corrected chi connectivity index (χ0v) is 11.1. The van der Waals surface area contributed by atoms with E-state index in [-0.39, 0.29) is 11.5 Å². The van der Waals surface area contributed by atoms with E-state index in [9.17, 15) is 4.79 Å². The van der Waals surface area contributed by atoms with Gasteiger partial charge in [0.05, 0.1) is 6.04 Å².